The minimum absolute atomic E-state index is 0.595. The van der Waals surface area contributed by atoms with Crippen molar-refractivity contribution in [2.24, 2.45) is 0 Å². The predicted octanol–water partition coefficient (Wildman–Crippen LogP) is 2.71. The maximum absolute atomic E-state index is 9.55. The third-order valence-corrected chi connectivity index (χ3v) is 2.79. The lowest BCUT2D eigenvalue weighted by Gasteiger charge is -2.17. The van der Waals surface area contributed by atoms with E-state index in [-0.39, 0.29) is 0 Å². The van der Waals surface area contributed by atoms with Gasteiger partial charge in [-0.2, -0.15) is 0 Å². The van der Waals surface area contributed by atoms with Crippen LogP contribution < -0.4 is 5.32 Å². The molecule has 0 aliphatic heterocycles. The van der Waals surface area contributed by atoms with Gasteiger partial charge in [-0.15, -0.1) is 0 Å². The van der Waals surface area contributed by atoms with Crippen molar-refractivity contribution in [2.75, 3.05) is 13.1 Å². The zero-order chi connectivity index (χ0) is 12.9. The Balaban J connectivity index is 2.33. The van der Waals surface area contributed by atoms with Gasteiger partial charge in [0, 0.05) is 6.54 Å². The van der Waals surface area contributed by atoms with Crippen LogP contribution in [0.5, 0.6) is 0 Å². The maximum Gasteiger partial charge on any atom is 0.0715 e. The van der Waals surface area contributed by atoms with Gasteiger partial charge in [-0.1, -0.05) is 38.1 Å². The summed E-state index contributed by atoms with van der Waals surface area (Å²) in [5.41, 5.74) is 2.11. The van der Waals surface area contributed by atoms with E-state index in [1.54, 1.807) is 0 Å². The SMILES string of the molecule is CC(C)c1ccc(CCNCC(C)(C)O)cc1. The Kier molecular flexibility index (Phi) is 5.16. The van der Waals surface area contributed by atoms with Crippen LogP contribution in [-0.2, 0) is 6.42 Å². The first kappa shape index (κ1) is 14.2. The van der Waals surface area contributed by atoms with Gasteiger partial charge in [-0.25, -0.2) is 0 Å². The van der Waals surface area contributed by atoms with E-state index in [1.807, 2.05) is 13.8 Å². The highest BCUT2D eigenvalue weighted by Gasteiger charge is 2.10. The minimum Gasteiger partial charge on any atom is -0.389 e. The summed E-state index contributed by atoms with van der Waals surface area (Å²) in [7, 11) is 0. The molecule has 1 rings (SSSR count). The van der Waals surface area contributed by atoms with Crippen molar-refractivity contribution in [3.05, 3.63) is 35.4 Å². The molecule has 0 radical (unpaired) electrons. The van der Waals surface area contributed by atoms with Crippen molar-refractivity contribution >= 4 is 0 Å². The molecule has 0 bridgehead atoms. The second-order valence-corrected chi connectivity index (χ2v) is 5.64. The molecule has 0 aliphatic carbocycles. The van der Waals surface area contributed by atoms with Crippen molar-refractivity contribution in [1.82, 2.24) is 5.32 Å². The van der Waals surface area contributed by atoms with Crippen molar-refractivity contribution in [3.63, 3.8) is 0 Å². The largest absolute Gasteiger partial charge is 0.389 e. The quantitative estimate of drug-likeness (QED) is 0.743. The second kappa shape index (κ2) is 6.18. The summed E-state index contributed by atoms with van der Waals surface area (Å²) in [6.07, 6.45) is 1.01. The monoisotopic (exact) mass is 235 g/mol. The average Bonchev–Trinajstić information content (AvgIpc) is 2.24. The summed E-state index contributed by atoms with van der Waals surface area (Å²) in [5.74, 6) is 0.595. The molecule has 1 aromatic rings. The highest BCUT2D eigenvalue weighted by Crippen LogP contribution is 2.14. The molecule has 0 saturated heterocycles. The summed E-state index contributed by atoms with van der Waals surface area (Å²) < 4.78 is 0. The van der Waals surface area contributed by atoms with Gasteiger partial charge in [0.25, 0.3) is 0 Å². The number of nitrogens with one attached hydrogen (secondary N) is 1. The molecule has 1 aromatic carbocycles. The summed E-state index contributed by atoms with van der Waals surface area (Å²) in [5, 5.41) is 12.8. The summed E-state index contributed by atoms with van der Waals surface area (Å²) >= 11 is 0. The first-order valence-electron chi connectivity index (χ1n) is 6.40. The van der Waals surface area contributed by atoms with Gasteiger partial charge >= 0.3 is 0 Å². The molecule has 0 aromatic heterocycles. The number of hydrogen-bond acceptors (Lipinski definition) is 2. The van der Waals surface area contributed by atoms with Crippen LogP contribution >= 0.6 is 0 Å². The van der Waals surface area contributed by atoms with Crippen LogP contribution in [-0.4, -0.2) is 23.8 Å². The van der Waals surface area contributed by atoms with Crippen LogP contribution in [0.2, 0.25) is 0 Å². The number of aliphatic hydroxyl groups is 1. The molecule has 0 unspecified atom stereocenters. The average molecular weight is 235 g/mol. The van der Waals surface area contributed by atoms with Gasteiger partial charge in [-0.05, 0) is 43.9 Å². The Morgan fingerprint density at radius 2 is 1.76 bits per heavy atom. The molecule has 0 aliphatic rings. The molecule has 17 heavy (non-hydrogen) atoms. The molecule has 2 heteroatoms. The Hall–Kier alpha value is -0.860. The van der Waals surface area contributed by atoms with Crippen LogP contribution in [0, 0.1) is 0 Å². The van der Waals surface area contributed by atoms with E-state index in [4.69, 9.17) is 0 Å². The highest BCUT2D eigenvalue weighted by atomic mass is 16.3. The van der Waals surface area contributed by atoms with Crippen molar-refractivity contribution in [1.29, 1.82) is 0 Å². The van der Waals surface area contributed by atoms with Crippen molar-refractivity contribution in [2.45, 2.75) is 45.6 Å². The topological polar surface area (TPSA) is 32.3 Å². The fourth-order valence-corrected chi connectivity index (χ4v) is 1.70. The van der Waals surface area contributed by atoms with Gasteiger partial charge in [-0.3, -0.25) is 0 Å². The van der Waals surface area contributed by atoms with E-state index >= 15 is 0 Å². The molecule has 2 nitrogen and oxygen atoms in total. The van der Waals surface area contributed by atoms with Gasteiger partial charge in [0.15, 0.2) is 0 Å². The van der Waals surface area contributed by atoms with E-state index in [9.17, 15) is 5.11 Å². The van der Waals surface area contributed by atoms with Crippen LogP contribution in [0.25, 0.3) is 0 Å². The van der Waals surface area contributed by atoms with E-state index in [0.29, 0.717) is 12.5 Å². The van der Waals surface area contributed by atoms with Crippen LogP contribution in [0.3, 0.4) is 0 Å². The van der Waals surface area contributed by atoms with E-state index in [1.165, 1.54) is 11.1 Å². The molecular weight excluding hydrogens is 210 g/mol. The zero-order valence-electron chi connectivity index (χ0n) is 11.5. The first-order chi connectivity index (χ1) is 7.88. The molecule has 0 fully saturated rings. The Morgan fingerprint density at radius 1 is 1.18 bits per heavy atom. The Labute approximate surface area is 105 Å². The van der Waals surface area contributed by atoms with Crippen LogP contribution in [0.15, 0.2) is 24.3 Å². The summed E-state index contributed by atoms with van der Waals surface area (Å²) in [6, 6.07) is 8.80. The molecule has 0 amide bonds. The second-order valence-electron chi connectivity index (χ2n) is 5.64. The lowest BCUT2D eigenvalue weighted by atomic mass is 10.0. The van der Waals surface area contributed by atoms with Crippen LogP contribution in [0.1, 0.15) is 44.7 Å². The summed E-state index contributed by atoms with van der Waals surface area (Å²) in [6.45, 7) is 9.59. The lowest BCUT2D eigenvalue weighted by Crippen LogP contribution is -2.35. The minimum atomic E-state index is -0.624. The van der Waals surface area contributed by atoms with E-state index in [2.05, 4.69) is 43.4 Å². The molecule has 0 atom stereocenters. The summed E-state index contributed by atoms with van der Waals surface area (Å²) in [4.78, 5) is 0. The van der Waals surface area contributed by atoms with Crippen molar-refractivity contribution < 1.29 is 5.11 Å². The number of rotatable bonds is 6. The molecule has 0 spiro atoms. The molecule has 0 saturated carbocycles. The molecule has 2 N–H and O–H groups in total. The van der Waals surface area contributed by atoms with E-state index < -0.39 is 5.60 Å². The standard InChI is InChI=1S/C15H25NO/c1-12(2)14-7-5-13(6-8-14)9-10-16-11-15(3,4)17/h5-8,12,16-17H,9-11H2,1-4H3. The third-order valence-electron chi connectivity index (χ3n) is 2.79. The van der Waals surface area contributed by atoms with Gasteiger partial charge in [0.1, 0.15) is 0 Å². The fourth-order valence-electron chi connectivity index (χ4n) is 1.70. The Bertz CT molecular complexity index is 322. The highest BCUT2D eigenvalue weighted by molar-refractivity contribution is 5.24. The normalized spacial score (nSPS) is 12.1. The Morgan fingerprint density at radius 3 is 2.24 bits per heavy atom. The smallest absolute Gasteiger partial charge is 0.0715 e. The molecular formula is C15H25NO. The lowest BCUT2D eigenvalue weighted by molar-refractivity contribution is 0.0801. The predicted molar refractivity (Wildman–Crippen MR) is 73.4 cm³/mol. The maximum atomic E-state index is 9.55. The zero-order valence-corrected chi connectivity index (χ0v) is 11.5. The van der Waals surface area contributed by atoms with Crippen LogP contribution in [0.4, 0.5) is 0 Å². The van der Waals surface area contributed by atoms with E-state index in [0.717, 1.165) is 13.0 Å². The van der Waals surface area contributed by atoms with Gasteiger partial charge < -0.3 is 10.4 Å². The molecule has 96 valence electrons. The third kappa shape index (κ3) is 5.85. The number of hydrogen-bond donors (Lipinski definition) is 2. The number of benzene rings is 1. The first-order valence-corrected chi connectivity index (χ1v) is 6.40. The fraction of sp³-hybridized carbons (Fsp3) is 0.600. The van der Waals surface area contributed by atoms with Crippen molar-refractivity contribution in [3.8, 4) is 0 Å². The molecule has 0 heterocycles. The van der Waals surface area contributed by atoms with Gasteiger partial charge in [0.05, 0.1) is 5.60 Å². The van der Waals surface area contributed by atoms with Gasteiger partial charge in [0.2, 0.25) is 0 Å².